The van der Waals surface area contributed by atoms with Gasteiger partial charge in [0.25, 0.3) is 0 Å². The van der Waals surface area contributed by atoms with Crippen molar-refractivity contribution in [3.63, 3.8) is 0 Å². The summed E-state index contributed by atoms with van der Waals surface area (Å²) in [7, 11) is 0. The van der Waals surface area contributed by atoms with Gasteiger partial charge in [-0.05, 0) is 0 Å². The molecule has 202 valence electrons. The van der Waals surface area contributed by atoms with Gasteiger partial charge in [-0.2, -0.15) is 0 Å². The van der Waals surface area contributed by atoms with Gasteiger partial charge in [0.15, 0.2) is 0 Å². The maximum absolute atomic E-state index is 14.0. The van der Waals surface area contributed by atoms with E-state index < -0.39 is 23.3 Å². The molecule has 0 saturated carbocycles. The molecule has 0 bridgehead atoms. The summed E-state index contributed by atoms with van der Waals surface area (Å²) in [5.74, 6) is -3.47. The van der Waals surface area contributed by atoms with Crippen molar-refractivity contribution in [2.45, 2.75) is 40.5 Å². The second kappa shape index (κ2) is 14.6. The molecule has 4 rings (SSSR count). The third kappa shape index (κ3) is 7.33. The van der Waals surface area contributed by atoms with Crippen molar-refractivity contribution in [3.05, 3.63) is 86.8 Å². The van der Waals surface area contributed by atoms with Crippen molar-refractivity contribution in [2.24, 2.45) is 0 Å². The van der Waals surface area contributed by atoms with Crippen molar-refractivity contribution < 1.29 is 27.0 Å². The number of rotatable bonds is 9. The van der Waals surface area contributed by atoms with Gasteiger partial charge in [0.05, 0.1) is 0 Å². The molecule has 4 aromatic rings. The number of benzene rings is 2. The minimum absolute atomic E-state index is 0.0170. The normalized spacial score (nSPS) is 10.9. The number of aryl methyl sites for hydroxylation is 1. The van der Waals surface area contributed by atoms with Crippen molar-refractivity contribution >= 4 is 35.1 Å². The van der Waals surface area contributed by atoms with Crippen LogP contribution in [0.5, 0.6) is 11.5 Å². The van der Waals surface area contributed by atoms with E-state index in [0.29, 0.717) is 24.3 Å². The molecule has 2 aromatic carbocycles. The molecular formula is C30H30F4O2Se2. The molecular weight excluding hydrogens is 626 g/mol. The Bertz CT molecular complexity index is 1370. The average molecular weight is 656 g/mol. The molecule has 0 amide bonds. The summed E-state index contributed by atoms with van der Waals surface area (Å²) in [5.41, 5.74) is 0.694. The average Bonchev–Trinajstić information content (AvgIpc) is 3.56. The Morgan fingerprint density at radius 2 is 1.18 bits per heavy atom. The van der Waals surface area contributed by atoms with Gasteiger partial charge in [-0.15, -0.1) is 0 Å². The maximum atomic E-state index is 14.0. The Balaban J connectivity index is 0.000000211. The van der Waals surface area contributed by atoms with Gasteiger partial charge >= 0.3 is 234 Å². The monoisotopic (exact) mass is 658 g/mol. The van der Waals surface area contributed by atoms with Gasteiger partial charge < -0.3 is 0 Å². The summed E-state index contributed by atoms with van der Waals surface area (Å²) >= 11 is 0.128. The standard InChI is InChI=1S/C15H16F2OSe.C15H14F2OSe/c2*1-3-5-10-6-9-13(19-10)11-7-8-12(18-4-2)15(17)14(11)16/h6-9H,3-5H2,1-2H3;3,5-9H,4H2,1-2H3. The second-order valence-electron chi connectivity index (χ2n) is 8.06. The molecule has 0 radical (unpaired) electrons. The fourth-order valence-electron chi connectivity index (χ4n) is 3.63. The van der Waals surface area contributed by atoms with Crippen LogP contribution in [0, 0.1) is 23.3 Å². The molecule has 2 aromatic heterocycles. The van der Waals surface area contributed by atoms with E-state index in [9.17, 15) is 17.6 Å². The van der Waals surface area contributed by atoms with E-state index >= 15 is 0 Å². The van der Waals surface area contributed by atoms with E-state index in [-0.39, 0.29) is 40.5 Å². The van der Waals surface area contributed by atoms with Crippen LogP contribution in [0.25, 0.3) is 26.1 Å². The van der Waals surface area contributed by atoms with E-state index in [1.54, 1.807) is 26.0 Å². The third-order valence-electron chi connectivity index (χ3n) is 5.34. The quantitative estimate of drug-likeness (QED) is 0.134. The van der Waals surface area contributed by atoms with E-state index in [4.69, 9.17) is 9.47 Å². The van der Waals surface area contributed by atoms with Crippen LogP contribution in [-0.4, -0.2) is 42.2 Å². The van der Waals surface area contributed by atoms with Gasteiger partial charge in [-0.1, -0.05) is 0 Å². The number of halogens is 4. The zero-order chi connectivity index (χ0) is 27.7. The Hall–Kier alpha value is -2.50. The van der Waals surface area contributed by atoms with Crippen LogP contribution in [0.4, 0.5) is 17.6 Å². The van der Waals surface area contributed by atoms with Crippen LogP contribution in [-0.2, 0) is 6.42 Å². The van der Waals surface area contributed by atoms with Crippen molar-refractivity contribution in [2.75, 3.05) is 13.2 Å². The molecule has 0 unspecified atom stereocenters. The number of allylic oxidation sites excluding steroid dienone is 1. The summed E-state index contributed by atoms with van der Waals surface area (Å²) in [4.78, 5) is 0. The van der Waals surface area contributed by atoms with Crippen LogP contribution >= 0.6 is 0 Å². The Kier molecular flexibility index (Phi) is 11.5. The van der Waals surface area contributed by atoms with Crippen molar-refractivity contribution in [1.82, 2.24) is 0 Å². The summed E-state index contributed by atoms with van der Waals surface area (Å²) in [6, 6.07) is 13.9. The molecule has 0 spiro atoms. The van der Waals surface area contributed by atoms with E-state index in [0.717, 1.165) is 26.2 Å². The van der Waals surface area contributed by atoms with E-state index in [1.165, 1.54) is 16.6 Å². The van der Waals surface area contributed by atoms with E-state index in [2.05, 4.69) is 6.92 Å². The van der Waals surface area contributed by atoms with Gasteiger partial charge in [0, 0.05) is 0 Å². The molecule has 8 heteroatoms. The van der Waals surface area contributed by atoms with Gasteiger partial charge in [-0.25, -0.2) is 0 Å². The molecule has 2 nitrogen and oxygen atoms in total. The summed E-state index contributed by atoms with van der Waals surface area (Å²) in [6.07, 6.45) is 6.04. The molecule has 0 aliphatic carbocycles. The molecule has 0 N–H and O–H groups in total. The van der Waals surface area contributed by atoms with E-state index in [1.807, 2.05) is 43.3 Å². The predicted octanol–water partition coefficient (Wildman–Crippen LogP) is 8.16. The topological polar surface area (TPSA) is 18.5 Å². The van der Waals surface area contributed by atoms with Crippen molar-refractivity contribution in [3.8, 4) is 31.5 Å². The molecule has 0 atom stereocenters. The van der Waals surface area contributed by atoms with Crippen LogP contribution < -0.4 is 9.47 Å². The van der Waals surface area contributed by atoms with Crippen LogP contribution in [0.1, 0.15) is 43.0 Å². The molecule has 2 heterocycles. The molecule has 0 aliphatic heterocycles. The second-order valence-corrected chi connectivity index (χ2v) is 12.9. The first-order chi connectivity index (χ1) is 18.3. The first-order valence-electron chi connectivity index (χ1n) is 12.4. The summed E-state index contributed by atoms with van der Waals surface area (Å²) in [5, 5.41) is 0. The third-order valence-corrected chi connectivity index (χ3v) is 10.1. The Labute approximate surface area is 233 Å². The summed E-state index contributed by atoms with van der Waals surface area (Å²) in [6.45, 7) is 8.17. The number of ether oxygens (including phenoxy) is 2. The van der Waals surface area contributed by atoms with Crippen LogP contribution in [0.3, 0.4) is 0 Å². The Morgan fingerprint density at radius 3 is 1.68 bits per heavy atom. The molecule has 0 aliphatic rings. The fraction of sp³-hybridized carbons (Fsp3) is 0.267. The van der Waals surface area contributed by atoms with Crippen molar-refractivity contribution in [1.29, 1.82) is 0 Å². The molecule has 0 saturated heterocycles. The number of hydrogen-bond acceptors (Lipinski definition) is 2. The van der Waals surface area contributed by atoms with Gasteiger partial charge in [0.2, 0.25) is 0 Å². The zero-order valence-electron chi connectivity index (χ0n) is 21.7. The molecule has 38 heavy (non-hydrogen) atoms. The SMILES string of the molecule is CC=Cc1ccc(-c2ccc(OCC)c(F)c2F)[se]1.CCCc1ccc(-c2ccc(OCC)c(F)c2F)[se]1. The van der Waals surface area contributed by atoms with Crippen LogP contribution in [0.2, 0.25) is 0 Å². The zero-order valence-corrected chi connectivity index (χ0v) is 25.2. The minimum atomic E-state index is -0.907. The van der Waals surface area contributed by atoms with Crippen LogP contribution in [0.15, 0.2) is 54.6 Å². The Morgan fingerprint density at radius 1 is 0.658 bits per heavy atom. The van der Waals surface area contributed by atoms with Gasteiger partial charge in [-0.3, -0.25) is 0 Å². The predicted molar refractivity (Wildman–Crippen MR) is 149 cm³/mol. The first kappa shape index (κ1) is 30.0. The fourth-order valence-corrected chi connectivity index (χ4v) is 8.09. The number of hydrogen-bond donors (Lipinski definition) is 0. The van der Waals surface area contributed by atoms with Gasteiger partial charge in [0.1, 0.15) is 0 Å². The first-order valence-corrected chi connectivity index (χ1v) is 15.8. The molecule has 0 fully saturated rings. The summed E-state index contributed by atoms with van der Waals surface area (Å²) < 4.78 is 70.0.